The first-order valence-electron chi connectivity index (χ1n) is 8.13. The summed E-state index contributed by atoms with van der Waals surface area (Å²) in [5.41, 5.74) is 2.24. The van der Waals surface area contributed by atoms with Crippen LogP contribution in [0, 0.1) is 5.92 Å². The summed E-state index contributed by atoms with van der Waals surface area (Å²) in [5.74, 6) is 1.19. The van der Waals surface area contributed by atoms with Gasteiger partial charge in [-0.25, -0.2) is 4.98 Å². The number of carbonyl (C=O) groups is 1. The molecule has 0 saturated heterocycles. The highest BCUT2D eigenvalue weighted by Gasteiger charge is 2.44. The van der Waals surface area contributed by atoms with Gasteiger partial charge >= 0.3 is 0 Å². The molecule has 1 aliphatic rings. The van der Waals surface area contributed by atoms with Crippen molar-refractivity contribution in [3.8, 4) is 5.88 Å². The number of pyridine rings is 1. The Hall–Kier alpha value is -2.36. The van der Waals surface area contributed by atoms with Gasteiger partial charge in [0.25, 0.3) is 0 Å². The average Bonchev–Trinajstić information content (AvgIpc) is 3.37. The van der Waals surface area contributed by atoms with Crippen LogP contribution in [0.5, 0.6) is 5.88 Å². The SMILES string of the molecule is CCOc1ccc([C@H](C)NC(=O)[C@H]2C[C@@H]2c2ccccc2)cn1. The lowest BCUT2D eigenvalue weighted by atomic mass is 10.1. The second kappa shape index (κ2) is 6.82. The van der Waals surface area contributed by atoms with E-state index in [4.69, 9.17) is 4.74 Å². The number of hydrogen-bond acceptors (Lipinski definition) is 3. The summed E-state index contributed by atoms with van der Waals surface area (Å²) in [7, 11) is 0. The highest BCUT2D eigenvalue weighted by atomic mass is 16.5. The lowest BCUT2D eigenvalue weighted by molar-refractivity contribution is -0.123. The smallest absolute Gasteiger partial charge is 0.224 e. The Bertz CT molecular complexity index is 655. The maximum Gasteiger partial charge on any atom is 0.224 e. The van der Waals surface area contributed by atoms with Crippen molar-refractivity contribution in [3.05, 3.63) is 59.8 Å². The number of nitrogens with one attached hydrogen (secondary N) is 1. The van der Waals surface area contributed by atoms with Crippen LogP contribution in [-0.2, 0) is 4.79 Å². The Morgan fingerprint density at radius 1 is 1.30 bits per heavy atom. The lowest BCUT2D eigenvalue weighted by Crippen LogP contribution is -2.28. The molecule has 2 aromatic rings. The monoisotopic (exact) mass is 310 g/mol. The van der Waals surface area contributed by atoms with Crippen LogP contribution >= 0.6 is 0 Å². The zero-order valence-corrected chi connectivity index (χ0v) is 13.5. The normalized spacial score (nSPS) is 20.6. The minimum absolute atomic E-state index is 0.0531. The van der Waals surface area contributed by atoms with E-state index in [0.717, 1.165) is 12.0 Å². The molecule has 1 aliphatic carbocycles. The van der Waals surface area contributed by atoms with Crippen LogP contribution in [0.1, 0.15) is 43.4 Å². The van der Waals surface area contributed by atoms with E-state index >= 15 is 0 Å². The van der Waals surface area contributed by atoms with E-state index < -0.39 is 0 Å². The highest BCUT2D eigenvalue weighted by molar-refractivity contribution is 5.83. The van der Waals surface area contributed by atoms with Crippen molar-refractivity contribution in [2.45, 2.75) is 32.2 Å². The molecule has 4 nitrogen and oxygen atoms in total. The molecule has 1 aromatic heterocycles. The molecule has 1 fully saturated rings. The number of hydrogen-bond donors (Lipinski definition) is 1. The molecule has 4 heteroatoms. The predicted octanol–water partition coefficient (Wildman–Crippen LogP) is 3.46. The molecule has 1 amide bonds. The van der Waals surface area contributed by atoms with Gasteiger partial charge in [0.15, 0.2) is 0 Å². The number of rotatable bonds is 6. The van der Waals surface area contributed by atoms with Crippen LogP contribution < -0.4 is 10.1 Å². The van der Waals surface area contributed by atoms with Gasteiger partial charge in [0.05, 0.1) is 12.6 Å². The van der Waals surface area contributed by atoms with E-state index in [9.17, 15) is 4.79 Å². The Morgan fingerprint density at radius 3 is 2.74 bits per heavy atom. The van der Waals surface area contributed by atoms with Crippen molar-refractivity contribution in [1.29, 1.82) is 0 Å². The number of amides is 1. The zero-order valence-electron chi connectivity index (χ0n) is 13.5. The third kappa shape index (κ3) is 3.70. The third-order valence-electron chi connectivity index (χ3n) is 4.27. The number of nitrogens with zero attached hydrogens (tertiary/aromatic N) is 1. The predicted molar refractivity (Wildman–Crippen MR) is 89.3 cm³/mol. The topological polar surface area (TPSA) is 51.2 Å². The number of carbonyl (C=O) groups excluding carboxylic acids is 1. The van der Waals surface area contributed by atoms with E-state index in [1.807, 2.05) is 44.2 Å². The van der Waals surface area contributed by atoms with Crippen molar-refractivity contribution in [1.82, 2.24) is 10.3 Å². The zero-order chi connectivity index (χ0) is 16.2. The molecular weight excluding hydrogens is 288 g/mol. The van der Waals surface area contributed by atoms with Crippen molar-refractivity contribution < 1.29 is 9.53 Å². The molecule has 1 saturated carbocycles. The molecule has 0 radical (unpaired) electrons. The van der Waals surface area contributed by atoms with Crippen LogP contribution in [-0.4, -0.2) is 17.5 Å². The Balaban J connectivity index is 1.56. The fourth-order valence-corrected chi connectivity index (χ4v) is 2.84. The fraction of sp³-hybridized carbons (Fsp3) is 0.368. The molecule has 120 valence electrons. The van der Waals surface area contributed by atoms with Gasteiger partial charge in [-0.05, 0) is 37.3 Å². The summed E-state index contributed by atoms with van der Waals surface area (Å²) in [6, 6.07) is 14.0. The summed E-state index contributed by atoms with van der Waals surface area (Å²) in [6.07, 6.45) is 2.70. The summed E-state index contributed by atoms with van der Waals surface area (Å²) >= 11 is 0. The molecule has 0 bridgehead atoms. The second-order valence-electron chi connectivity index (χ2n) is 5.95. The van der Waals surface area contributed by atoms with Crippen LogP contribution in [0.3, 0.4) is 0 Å². The molecule has 23 heavy (non-hydrogen) atoms. The van der Waals surface area contributed by atoms with E-state index in [1.165, 1.54) is 5.56 Å². The Kier molecular flexibility index (Phi) is 4.60. The lowest BCUT2D eigenvalue weighted by Gasteiger charge is -2.14. The molecule has 3 atom stereocenters. The van der Waals surface area contributed by atoms with Gasteiger partial charge in [-0.1, -0.05) is 36.4 Å². The standard InChI is InChI=1S/C19H22N2O2/c1-3-23-18-10-9-15(12-20-18)13(2)21-19(22)17-11-16(17)14-7-5-4-6-8-14/h4-10,12-13,16-17H,3,11H2,1-2H3,(H,21,22)/t13-,16+,17-/m0/s1. The summed E-state index contributed by atoms with van der Waals surface area (Å²) in [4.78, 5) is 16.6. The van der Waals surface area contributed by atoms with Gasteiger partial charge in [0.2, 0.25) is 11.8 Å². The average molecular weight is 310 g/mol. The third-order valence-corrected chi connectivity index (χ3v) is 4.27. The molecule has 0 aliphatic heterocycles. The fourth-order valence-electron chi connectivity index (χ4n) is 2.84. The molecule has 3 rings (SSSR count). The van der Waals surface area contributed by atoms with E-state index in [2.05, 4.69) is 22.4 Å². The highest BCUT2D eigenvalue weighted by Crippen LogP contribution is 2.47. The first-order chi connectivity index (χ1) is 11.2. The number of ether oxygens (including phenoxy) is 1. The first kappa shape index (κ1) is 15.5. The molecule has 1 aromatic carbocycles. The van der Waals surface area contributed by atoms with Gasteiger partial charge in [-0.3, -0.25) is 4.79 Å². The number of benzene rings is 1. The number of aromatic nitrogens is 1. The largest absolute Gasteiger partial charge is 0.478 e. The Labute approximate surface area is 136 Å². The minimum atomic E-state index is -0.0531. The van der Waals surface area contributed by atoms with Crippen LogP contribution in [0.25, 0.3) is 0 Å². The molecule has 1 heterocycles. The maximum absolute atomic E-state index is 12.4. The molecule has 0 unspecified atom stereocenters. The Morgan fingerprint density at radius 2 is 2.09 bits per heavy atom. The summed E-state index contributed by atoms with van der Waals surface area (Å²) < 4.78 is 5.33. The summed E-state index contributed by atoms with van der Waals surface area (Å²) in [6.45, 7) is 4.51. The quantitative estimate of drug-likeness (QED) is 0.889. The van der Waals surface area contributed by atoms with Gasteiger partial charge in [-0.2, -0.15) is 0 Å². The molecule has 1 N–H and O–H groups in total. The van der Waals surface area contributed by atoms with Crippen LogP contribution in [0.2, 0.25) is 0 Å². The minimum Gasteiger partial charge on any atom is -0.478 e. The van der Waals surface area contributed by atoms with E-state index in [1.54, 1.807) is 6.20 Å². The van der Waals surface area contributed by atoms with Crippen molar-refractivity contribution in [2.24, 2.45) is 5.92 Å². The van der Waals surface area contributed by atoms with E-state index in [0.29, 0.717) is 18.4 Å². The van der Waals surface area contributed by atoms with Gasteiger partial charge in [-0.15, -0.1) is 0 Å². The molecular formula is C19H22N2O2. The van der Waals surface area contributed by atoms with Crippen LogP contribution in [0.4, 0.5) is 0 Å². The van der Waals surface area contributed by atoms with Crippen molar-refractivity contribution >= 4 is 5.91 Å². The van der Waals surface area contributed by atoms with Crippen molar-refractivity contribution in [2.75, 3.05) is 6.61 Å². The van der Waals surface area contributed by atoms with Crippen molar-refractivity contribution in [3.63, 3.8) is 0 Å². The van der Waals surface area contributed by atoms with Gasteiger partial charge in [0, 0.05) is 18.2 Å². The maximum atomic E-state index is 12.4. The summed E-state index contributed by atoms with van der Waals surface area (Å²) in [5, 5.41) is 3.09. The van der Waals surface area contributed by atoms with Gasteiger partial charge < -0.3 is 10.1 Å². The second-order valence-corrected chi connectivity index (χ2v) is 5.95. The first-order valence-corrected chi connectivity index (χ1v) is 8.13. The van der Waals surface area contributed by atoms with E-state index in [-0.39, 0.29) is 17.9 Å². The molecule has 0 spiro atoms. The van der Waals surface area contributed by atoms with Crippen LogP contribution in [0.15, 0.2) is 48.7 Å². The van der Waals surface area contributed by atoms with Gasteiger partial charge in [0.1, 0.15) is 0 Å².